The molecule has 1 aromatic heterocycles. The highest BCUT2D eigenvalue weighted by Crippen LogP contribution is 2.06. The minimum Gasteiger partial charge on any atom is -0.478 e. The number of rotatable bonds is 4. The molecule has 1 heterocycles. The van der Waals surface area contributed by atoms with E-state index in [2.05, 4.69) is 16.9 Å². The van der Waals surface area contributed by atoms with Crippen molar-refractivity contribution in [3.05, 3.63) is 12.3 Å². The van der Waals surface area contributed by atoms with Gasteiger partial charge in [-0.05, 0) is 6.42 Å². The van der Waals surface area contributed by atoms with E-state index in [4.69, 9.17) is 10.5 Å². The van der Waals surface area contributed by atoms with E-state index in [0.29, 0.717) is 12.5 Å². The molecule has 2 N–H and O–H groups in total. The SMILES string of the molecule is CCCCOc1ccnc(N)n1. The van der Waals surface area contributed by atoms with Crippen LogP contribution < -0.4 is 10.5 Å². The van der Waals surface area contributed by atoms with Crippen LogP contribution in [0, 0.1) is 0 Å². The van der Waals surface area contributed by atoms with Gasteiger partial charge in [0.25, 0.3) is 0 Å². The fourth-order valence-corrected chi connectivity index (χ4v) is 0.758. The summed E-state index contributed by atoms with van der Waals surface area (Å²) >= 11 is 0. The second-order valence-corrected chi connectivity index (χ2v) is 2.46. The fourth-order valence-electron chi connectivity index (χ4n) is 0.758. The van der Waals surface area contributed by atoms with Crippen LogP contribution in [0.2, 0.25) is 0 Å². The van der Waals surface area contributed by atoms with Crippen LogP contribution in [0.15, 0.2) is 12.3 Å². The molecule has 0 aliphatic heterocycles. The molecule has 0 aromatic carbocycles. The molecular formula is C8H13N3O. The van der Waals surface area contributed by atoms with Gasteiger partial charge in [0, 0.05) is 12.3 Å². The first kappa shape index (κ1) is 8.77. The van der Waals surface area contributed by atoms with Gasteiger partial charge in [0.1, 0.15) is 0 Å². The number of nitrogen functional groups attached to an aromatic ring is 1. The van der Waals surface area contributed by atoms with Crippen LogP contribution in [0.1, 0.15) is 19.8 Å². The number of unbranched alkanes of at least 4 members (excludes halogenated alkanes) is 1. The number of aromatic nitrogens is 2. The van der Waals surface area contributed by atoms with E-state index in [0.717, 1.165) is 12.8 Å². The molecular weight excluding hydrogens is 154 g/mol. The molecule has 0 aliphatic rings. The van der Waals surface area contributed by atoms with Gasteiger partial charge < -0.3 is 10.5 Å². The molecule has 66 valence electrons. The third-order valence-electron chi connectivity index (χ3n) is 1.40. The lowest BCUT2D eigenvalue weighted by Crippen LogP contribution is -2.01. The number of nitrogens with zero attached hydrogens (tertiary/aromatic N) is 2. The standard InChI is InChI=1S/C8H13N3O/c1-2-3-6-12-7-4-5-10-8(9)11-7/h4-5H,2-3,6H2,1H3,(H2,9,10,11). The second-order valence-electron chi connectivity index (χ2n) is 2.46. The molecule has 4 nitrogen and oxygen atoms in total. The average Bonchev–Trinajstić information content (AvgIpc) is 2.05. The number of anilines is 1. The molecule has 0 spiro atoms. The maximum Gasteiger partial charge on any atom is 0.223 e. The van der Waals surface area contributed by atoms with Gasteiger partial charge >= 0.3 is 0 Å². The van der Waals surface area contributed by atoms with Gasteiger partial charge in [-0.1, -0.05) is 13.3 Å². The fraction of sp³-hybridized carbons (Fsp3) is 0.500. The van der Waals surface area contributed by atoms with Crippen LogP contribution in [0.3, 0.4) is 0 Å². The summed E-state index contributed by atoms with van der Waals surface area (Å²) in [5, 5.41) is 0. The van der Waals surface area contributed by atoms with Crippen LogP contribution in [-0.2, 0) is 0 Å². The summed E-state index contributed by atoms with van der Waals surface area (Å²) in [6.45, 7) is 2.80. The Labute approximate surface area is 71.8 Å². The van der Waals surface area contributed by atoms with Crippen molar-refractivity contribution in [3.8, 4) is 5.88 Å². The first-order chi connectivity index (χ1) is 5.83. The molecule has 0 amide bonds. The summed E-state index contributed by atoms with van der Waals surface area (Å²) in [4.78, 5) is 7.64. The molecule has 0 unspecified atom stereocenters. The van der Waals surface area contributed by atoms with Gasteiger partial charge in [-0.25, -0.2) is 4.98 Å². The highest BCUT2D eigenvalue weighted by Gasteiger charge is 1.94. The Balaban J connectivity index is 2.41. The molecule has 1 aromatic rings. The summed E-state index contributed by atoms with van der Waals surface area (Å²) in [5.41, 5.74) is 5.36. The summed E-state index contributed by atoms with van der Waals surface area (Å²) in [7, 11) is 0. The van der Waals surface area contributed by atoms with Crippen LogP contribution in [0.5, 0.6) is 5.88 Å². The lowest BCUT2D eigenvalue weighted by atomic mass is 10.4. The Kier molecular flexibility index (Phi) is 3.32. The highest BCUT2D eigenvalue weighted by atomic mass is 16.5. The lowest BCUT2D eigenvalue weighted by molar-refractivity contribution is 0.298. The second kappa shape index (κ2) is 4.54. The van der Waals surface area contributed by atoms with Gasteiger partial charge in [0.15, 0.2) is 0 Å². The van der Waals surface area contributed by atoms with E-state index in [1.165, 1.54) is 0 Å². The van der Waals surface area contributed by atoms with E-state index in [9.17, 15) is 0 Å². The molecule has 0 bridgehead atoms. The number of nitrogens with two attached hydrogens (primary N) is 1. The first-order valence-corrected chi connectivity index (χ1v) is 4.04. The average molecular weight is 167 g/mol. The van der Waals surface area contributed by atoms with Crippen molar-refractivity contribution in [2.75, 3.05) is 12.3 Å². The van der Waals surface area contributed by atoms with Gasteiger partial charge in [-0.2, -0.15) is 4.98 Å². The van der Waals surface area contributed by atoms with E-state index in [1.54, 1.807) is 12.3 Å². The summed E-state index contributed by atoms with van der Waals surface area (Å²) in [6.07, 6.45) is 3.73. The first-order valence-electron chi connectivity index (χ1n) is 4.04. The van der Waals surface area contributed by atoms with Crippen molar-refractivity contribution in [2.45, 2.75) is 19.8 Å². The highest BCUT2D eigenvalue weighted by molar-refractivity contribution is 5.20. The van der Waals surface area contributed by atoms with Gasteiger partial charge in [0.2, 0.25) is 11.8 Å². The number of ether oxygens (including phenoxy) is 1. The molecule has 0 saturated carbocycles. The van der Waals surface area contributed by atoms with Crippen molar-refractivity contribution in [2.24, 2.45) is 0 Å². The monoisotopic (exact) mass is 167 g/mol. The van der Waals surface area contributed by atoms with Gasteiger partial charge in [-0.15, -0.1) is 0 Å². The summed E-state index contributed by atoms with van der Waals surface area (Å²) in [6, 6.07) is 1.70. The Bertz CT molecular complexity index is 239. The predicted octanol–water partition coefficient (Wildman–Crippen LogP) is 1.24. The van der Waals surface area contributed by atoms with Crippen molar-refractivity contribution in [3.63, 3.8) is 0 Å². The van der Waals surface area contributed by atoms with Crippen LogP contribution in [0.4, 0.5) is 5.95 Å². The van der Waals surface area contributed by atoms with Gasteiger partial charge in [-0.3, -0.25) is 0 Å². The van der Waals surface area contributed by atoms with Crippen molar-refractivity contribution in [1.29, 1.82) is 0 Å². The molecule has 0 aliphatic carbocycles. The Hall–Kier alpha value is -1.32. The van der Waals surface area contributed by atoms with Crippen LogP contribution in [0.25, 0.3) is 0 Å². The van der Waals surface area contributed by atoms with Gasteiger partial charge in [0.05, 0.1) is 6.61 Å². The zero-order valence-corrected chi connectivity index (χ0v) is 7.16. The Morgan fingerprint density at radius 3 is 3.08 bits per heavy atom. The van der Waals surface area contributed by atoms with E-state index in [1.807, 2.05) is 0 Å². The number of hydrogen-bond donors (Lipinski definition) is 1. The molecule has 0 saturated heterocycles. The minimum absolute atomic E-state index is 0.254. The molecule has 12 heavy (non-hydrogen) atoms. The normalized spacial score (nSPS) is 9.75. The molecule has 0 radical (unpaired) electrons. The van der Waals surface area contributed by atoms with Crippen LogP contribution >= 0.6 is 0 Å². The van der Waals surface area contributed by atoms with Crippen molar-refractivity contribution >= 4 is 5.95 Å². The quantitative estimate of drug-likeness (QED) is 0.685. The maximum absolute atomic E-state index is 5.36. The van der Waals surface area contributed by atoms with E-state index >= 15 is 0 Å². The third kappa shape index (κ3) is 2.74. The predicted molar refractivity (Wildman–Crippen MR) is 46.8 cm³/mol. The number of hydrogen-bond acceptors (Lipinski definition) is 4. The van der Waals surface area contributed by atoms with Crippen molar-refractivity contribution < 1.29 is 4.74 Å². The minimum atomic E-state index is 0.254. The smallest absolute Gasteiger partial charge is 0.223 e. The topological polar surface area (TPSA) is 61.0 Å². The lowest BCUT2D eigenvalue weighted by Gasteiger charge is -2.02. The summed E-state index contributed by atoms with van der Waals surface area (Å²) in [5.74, 6) is 0.806. The Morgan fingerprint density at radius 1 is 1.58 bits per heavy atom. The largest absolute Gasteiger partial charge is 0.478 e. The molecule has 0 fully saturated rings. The van der Waals surface area contributed by atoms with Crippen LogP contribution in [-0.4, -0.2) is 16.6 Å². The third-order valence-corrected chi connectivity index (χ3v) is 1.40. The molecule has 4 heteroatoms. The molecule has 1 rings (SSSR count). The van der Waals surface area contributed by atoms with E-state index in [-0.39, 0.29) is 5.95 Å². The maximum atomic E-state index is 5.36. The van der Waals surface area contributed by atoms with Crippen molar-refractivity contribution in [1.82, 2.24) is 9.97 Å². The summed E-state index contributed by atoms with van der Waals surface area (Å²) < 4.78 is 5.30. The Morgan fingerprint density at radius 2 is 2.42 bits per heavy atom. The zero-order valence-electron chi connectivity index (χ0n) is 7.16. The van der Waals surface area contributed by atoms with E-state index < -0.39 is 0 Å². The molecule has 0 atom stereocenters. The zero-order chi connectivity index (χ0) is 8.81.